The molecule has 0 spiro atoms. The predicted molar refractivity (Wildman–Crippen MR) is 132 cm³/mol. The van der Waals surface area contributed by atoms with E-state index in [0.717, 1.165) is 73.3 Å². The van der Waals surface area contributed by atoms with Gasteiger partial charge in [0.1, 0.15) is 22.6 Å². The van der Waals surface area contributed by atoms with E-state index < -0.39 is 5.72 Å². The smallest absolute Gasteiger partial charge is 0.195 e. The Hall–Kier alpha value is -3.05. The lowest BCUT2D eigenvalue weighted by atomic mass is 10.2. The average molecular weight is 478 g/mol. The number of aliphatic hydroxyl groups is 1. The Morgan fingerprint density at radius 2 is 1.83 bits per heavy atom. The van der Waals surface area contributed by atoms with Gasteiger partial charge in [0, 0.05) is 57.7 Å². The Balaban J connectivity index is 1.35. The van der Waals surface area contributed by atoms with Gasteiger partial charge in [0.05, 0.1) is 25.5 Å². The van der Waals surface area contributed by atoms with E-state index in [2.05, 4.69) is 19.7 Å². The second-order valence-electron chi connectivity index (χ2n) is 9.72. The zero-order chi connectivity index (χ0) is 24.0. The van der Waals surface area contributed by atoms with Crippen molar-refractivity contribution in [2.45, 2.75) is 26.1 Å². The highest BCUT2D eigenvalue weighted by Gasteiger charge is 2.28. The van der Waals surface area contributed by atoms with Gasteiger partial charge in [0.15, 0.2) is 17.2 Å². The largest absolute Gasteiger partial charge is 0.454 e. The van der Waals surface area contributed by atoms with E-state index in [1.807, 2.05) is 48.7 Å². The number of rotatable bonds is 5. The van der Waals surface area contributed by atoms with Crippen molar-refractivity contribution in [1.29, 1.82) is 0 Å². The first-order valence-electron chi connectivity index (χ1n) is 12.2. The summed E-state index contributed by atoms with van der Waals surface area (Å²) in [5.41, 5.74) is 2.49. The van der Waals surface area contributed by atoms with Crippen molar-refractivity contribution in [2.24, 2.45) is 0 Å². The zero-order valence-corrected chi connectivity index (χ0v) is 20.2. The lowest BCUT2D eigenvalue weighted by molar-refractivity contribution is -0.0972. The number of ether oxygens (including phenoxy) is 1. The second-order valence-corrected chi connectivity index (χ2v) is 9.72. The zero-order valence-electron chi connectivity index (χ0n) is 20.2. The van der Waals surface area contributed by atoms with E-state index >= 15 is 0 Å². The Morgan fingerprint density at radius 1 is 1.03 bits per heavy atom. The van der Waals surface area contributed by atoms with E-state index in [1.165, 1.54) is 0 Å². The Morgan fingerprint density at radius 3 is 2.60 bits per heavy atom. The number of piperazine rings is 1. The van der Waals surface area contributed by atoms with E-state index in [4.69, 9.17) is 19.1 Å². The average Bonchev–Trinajstić information content (AvgIpc) is 3.50. The van der Waals surface area contributed by atoms with Gasteiger partial charge < -0.3 is 19.2 Å². The molecule has 1 N–H and O–H groups in total. The molecule has 2 aliphatic rings. The van der Waals surface area contributed by atoms with Crippen molar-refractivity contribution >= 4 is 22.6 Å². The molecule has 6 rings (SSSR count). The maximum Gasteiger partial charge on any atom is 0.195 e. The minimum absolute atomic E-state index is 0.647. The summed E-state index contributed by atoms with van der Waals surface area (Å²) >= 11 is 0. The molecular formula is C25H31N7O3. The molecule has 0 saturated carbocycles. The van der Waals surface area contributed by atoms with Gasteiger partial charge in [-0.25, -0.2) is 15.0 Å². The van der Waals surface area contributed by atoms with Gasteiger partial charge in [0.25, 0.3) is 0 Å². The van der Waals surface area contributed by atoms with Crippen LogP contribution in [0.2, 0.25) is 0 Å². The molecule has 35 heavy (non-hydrogen) atoms. The Labute approximate surface area is 203 Å². The van der Waals surface area contributed by atoms with Gasteiger partial charge in [-0.3, -0.25) is 14.2 Å². The first-order valence-corrected chi connectivity index (χ1v) is 12.2. The number of pyridine rings is 1. The van der Waals surface area contributed by atoms with E-state index in [0.29, 0.717) is 25.6 Å². The van der Waals surface area contributed by atoms with Crippen molar-refractivity contribution in [3.05, 3.63) is 42.4 Å². The molecule has 10 nitrogen and oxygen atoms in total. The topological polar surface area (TPSA) is 95.4 Å². The molecule has 184 valence electrons. The number of aromatic nitrogens is 4. The van der Waals surface area contributed by atoms with Crippen LogP contribution >= 0.6 is 0 Å². The van der Waals surface area contributed by atoms with Crippen LogP contribution < -0.4 is 4.90 Å². The SMILES string of the molecule is CC(C)(O)N1CCN(Cc2cc3nc(-c4cccc5nccn45)nc(N4CCOCC4)c3o2)CC1. The van der Waals surface area contributed by atoms with Crippen molar-refractivity contribution < 1.29 is 14.3 Å². The first kappa shape index (κ1) is 22.4. The Kier molecular flexibility index (Phi) is 5.68. The third-order valence-corrected chi connectivity index (χ3v) is 6.90. The van der Waals surface area contributed by atoms with E-state index in [1.54, 1.807) is 6.20 Å². The summed E-state index contributed by atoms with van der Waals surface area (Å²) in [6.07, 6.45) is 3.72. The van der Waals surface area contributed by atoms with Crippen molar-refractivity contribution in [2.75, 3.05) is 57.4 Å². The summed E-state index contributed by atoms with van der Waals surface area (Å²) in [6, 6.07) is 8.01. The summed E-state index contributed by atoms with van der Waals surface area (Å²) in [4.78, 5) is 21.0. The quantitative estimate of drug-likeness (QED) is 0.464. The van der Waals surface area contributed by atoms with Gasteiger partial charge in [-0.05, 0) is 26.0 Å². The molecule has 2 aliphatic heterocycles. The van der Waals surface area contributed by atoms with Crippen molar-refractivity contribution in [1.82, 2.24) is 29.2 Å². The van der Waals surface area contributed by atoms with Crippen LogP contribution in [0, 0.1) is 0 Å². The van der Waals surface area contributed by atoms with Crippen LogP contribution in [0.4, 0.5) is 5.82 Å². The van der Waals surface area contributed by atoms with Crippen LogP contribution in [-0.4, -0.2) is 92.5 Å². The summed E-state index contributed by atoms with van der Waals surface area (Å²) in [5, 5.41) is 10.3. The lowest BCUT2D eigenvalue weighted by Gasteiger charge is -2.40. The number of imidazole rings is 1. The highest BCUT2D eigenvalue weighted by atomic mass is 16.5. The molecule has 0 atom stereocenters. The number of hydrogen-bond donors (Lipinski definition) is 1. The fraction of sp³-hybridized carbons (Fsp3) is 0.480. The third-order valence-electron chi connectivity index (χ3n) is 6.90. The third kappa shape index (κ3) is 4.38. The van der Waals surface area contributed by atoms with Gasteiger partial charge in [-0.15, -0.1) is 0 Å². The summed E-state index contributed by atoms with van der Waals surface area (Å²) in [6.45, 7) is 10.6. The summed E-state index contributed by atoms with van der Waals surface area (Å²) in [5.74, 6) is 2.33. The monoisotopic (exact) mass is 477 g/mol. The van der Waals surface area contributed by atoms with Gasteiger partial charge in [-0.2, -0.15) is 0 Å². The van der Waals surface area contributed by atoms with Gasteiger partial charge >= 0.3 is 0 Å². The molecule has 6 heterocycles. The fourth-order valence-corrected chi connectivity index (χ4v) is 4.95. The molecule has 4 aromatic rings. The van der Waals surface area contributed by atoms with E-state index in [9.17, 15) is 5.11 Å². The lowest BCUT2D eigenvalue weighted by Crippen LogP contribution is -2.54. The standard InChI is InChI=1S/C25H31N7O3/c1-25(2,33)31-10-8-29(9-11-31)17-18-16-19-22(35-18)24(30-12-14-34-15-13-30)28-23(27-19)20-4-3-5-21-26-6-7-32(20)21/h3-7,16,33H,8-15,17H2,1-2H3. The van der Waals surface area contributed by atoms with Crippen LogP contribution in [0.5, 0.6) is 0 Å². The first-order chi connectivity index (χ1) is 17.0. The summed E-state index contributed by atoms with van der Waals surface area (Å²) in [7, 11) is 0. The molecule has 0 aromatic carbocycles. The molecule has 0 radical (unpaired) electrons. The molecule has 0 unspecified atom stereocenters. The van der Waals surface area contributed by atoms with Crippen LogP contribution in [0.3, 0.4) is 0 Å². The molecule has 10 heteroatoms. The van der Waals surface area contributed by atoms with Crippen LogP contribution in [0.15, 0.2) is 41.1 Å². The van der Waals surface area contributed by atoms with E-state index in [-0.39, 0.29) is 0 Å². The summed E-state index contributed by atoms with van der Waals surface area (Å²) < 4.78 is 14.0. The van der Waals surface area contributed by atoms with Gasteiger partial charge in [0.2, 0.25) is 0 Å². The normalized spacial score (nSPS) is 18.7. The second kappa shape index (κ2) is 8.87. The molecule has 4 aromatic heterocycles. The fourth-order valence-electron chi connectivity index (χ4n) is 4.95. The van der Waals surface area contributed by atoms with Crippen LogP contribution in [-0.2, 0) is 11.3 Å². The highest BCUT2D eigenvalue weighted by molar-refractivity contribution is 5.86. The molecule has 0 bridgehead atoms. The number of fused-ring (bicyclic) bond motifs is 2. The van der Waals surface area contributed by atoms with Crippen LogP contribution in [0.25, 0.3) is 28.3 Å². The van der Waals surface area contributed by atoms with Crippen LogP contribution in [0.1, 0.15) is 19.6 Å². The molecule has 2 fully saturated rings. The molecule has 0 amide bonds. The van der Waals surface area contributed by atoms with Gasteiger partial charge in [-0.1, -0.05) is 6.07 Å². The maximum atomic E-state index is 10.3. The molecule has 2 saturated heterocycles. The maximum absolute atomic E-state index is 10.3. The number of hydrogen-bond acceptors (Lipinski definition) is 9. The molecule has 0 aliphatic carbocycles. The van der Waals surface area contributed by atoms with Crippen molar-refractivity contribution in [3.63, 3.8) is 0 Å². The van der Waals surface area contributed by atoms with Crippen molar-refractivity contribution in [3.8, 4) is 11.5 Å². The Bertz CT molecular complexity index is 1330. The number of nitrogens with zero attached hydrogens (tertiary/aromatic N) is 7. The number of anilines is 1. The number of morpholine rings is 1. The minimum Gasteiger partial charge on any atom is -0.454 e. The predicted octanol–water partition coefficient (Wildman–Crippen LogP) is 2.22. The highest BCUT2D eigenvalue weighted by Crippen LogP contribution is 2.31. The number of furan rings is 1. The minimum atomic E-state index is -0.789. The molecular weight excluding hydrogens is 446 g/mol.